The Labute approximate surface area is 180 Å². The second-order valence-electron chi connectivity index (χ2n) is 7.21. The lowest BCUT2D eigenvalue weighted by Crippen LogP contribution is -2.32. The van der Waals surface area contributed by atoms with E-state index in [-0.39, 0.29) is 0 Å². The molecule has 1 aromatic heterocycles. The van der Waals surface area contributed by atoms with Crippen LogP contribution >= 0.6 is 12.2 Å². The monoisotopic (exact) mass is 427 g/mol. The first kappa shape index (κ1) is 20.4. The zero-order chi connectivity index (χ0) is 21.1. The highest BCUT2D eigenvalue weighted by atomic mass is 32.1. The molecule has 0 atom stereocenters. The standard InChI is InChI=1S/C22H25N3O4S/c1-26-18-6-4-15(5-7-18)10-21-23-25(22(30)29-21)14-24-9-8-16-11-19(27-2)20(28-3)12-17(16)13-24/h4-7,11-12H,8-10,13-14H2,1-3H3. The number of hydrogen-bond donors (Lipinski definition) is 0. The van der Waals surface area contributed by atoms with Crippen LogP contribution < -0.4 is 14.2 Å². The molecule has 7 nitrogen and oxygen atoms in total. The van der Waals surface area contributed by atoms with Gasteiger partial charge in [-0.1, -0.05) is 12.1 Å². The van der Waals surface area contributed by atoms with Gasteiger partial charge in [0, 0.05) is 13.1 Å². The highest BCUT2D eigenvalue weighted by molar-refractivity contribution is 7.71. The summed E-state index contributed by atoms with van der Waals surface area (Å²) in [6, 6.07) is 12.0. The van der Waals surface area contributed by atoms with Crippen LogP contribution in [0, 0.1) is 4.84 Å². The Morgan fingerprint density at radius 3 is 2.37 bits per heavy atom. The summed E-state index contributed by atoms with van der Waals surface area (Å²) in [6.07, 6.45) is 1.51. The predicted molar refractivity (Wildman–Crippen MR) is 115 cm³/mol. The topological polar surface area (TPSA) is 61.9 Å². The second-order valence-corrected chi connectivity index (χ2v) is 7.56. The molecular formula is C22H25N3O4S. The molecule has 30 heavy (non-hydrogen) atoms. The van der Waals surface area contributed by atoms with Gasteiger partial charge in [-0.15, -0.1) is 5.10 Å². The summed E-state index contributed by atoms with van der Waals surface area (Å²) in [4.78, 5) is 2.68. The van der Waals surface area contributed by atoms with E-state index in [4.69, 9.17) is 30.8 Å². The van der Waals surface area contributed by atoms with Crippen LogP contribution in [0.25, 0.3) is 0 Å². The molecule has 4 rings (SSSR count). The molecule has 3 aromatic rings. The summed E-state index contributed by atoms with van der Waals surface area (Å²) < 4.78 is 23.5. The van der Waals surface area contributed by atoms with Crippen molar-refractivity contribution in [3.8, 4) is 17.2 Å². The molecule has 0 bridgehead atoms. The normalized spacial score (nSPS) is 13.7. The van der Waals surface area contributed by atoms with E-state index in [1.54, 1.807) is 26.0 Å². The Kier molecular flexibility index (Phi) is 6.06. The lowest BCUT2D eigenvalue weighted by Gasteiger charge is -2.29. The molecule has 1 aliphatic rings. The van der Waals surface area contributed by atoms with Crippen molar-refractivity contribution in [2.75, 3.05) is 27.9 Å². The Hall–Kier alpha value is -2.84. The molecule has 0 saturated heterocycles. The van der Waals surface area contributed by atoms with Crippen LogP contribution in [0.1, 0.15) is 22.6 Å². The van der Waals surface area contributed by atoms with Gasteiger partial charge in [0.15, 0.2) is 11.5 Å². The lowest BCUT2D eigenvalue weighted by molar-refractivity contribution is 0.185. The number of methoxy groups -OCH3 is 3. The average Bonchev–Trinajstić information content (AvgIpc) is 3.11. The van der Waals surface area contributed by atoms with Crippen molar-refractivity contribution < 1.29 is 18.6 Å². The summed E-state index contributed by atoms with van der Waals surface area (Å²) in [5.74, 6) is 2.95. The molecular weight excluding hydrogens is 402 g/mol. The van der Waals surface area contributed by atoms with Crippen LogP contribution in [0.4, 0.5) is 0 Å². The molecule has 0 saturated carbocycles. The van der Waals surface area contributed by atoms with Gasteiger partial charge in [0.25, 0.3) is 4.84 Å². The second kappa shape index (κ2) is 8.89. The van der Waals surface area contributed by atoms with Crippen molar-refractivity contribution in [1.29, 1.82) is 0 Å². The van der Waals surface area contributed by atoms with Gasteiger partial charge in [-0.2, -0.15) is 0 Å². The summed E-state index contributed by atoms with van der Waals surface area (Å²) in [5, 5.41) is 4.59. The fourth-order valence-corrected chi connectivity index (χ4v) is 3.87. The molecule has 2 heterocycles. The highest BCUT2D eigenvalue weighted by Gasteiger charge is 2.20. The quantitative estimate of drug-likeness (QED) is 0.531. The molecule has 8 heteroatoms. The Morgan fingerprint density at radius 2 is 1.70 bits per heavy atom. The number of nitrogens with zero attached hydrogens (tertiary/aromatic N) is 3. The first-order chi connectivity index (χ1) is 14.6. The number of benzene rings is 2. The average molecular weight is 428 g/mol. The number of aromatic nitrogens is 2. The molecule has 0 radical (unpaired) electrons. The van der Waals surface area contributed by atoms with E-state index in [0.29, 0.717) is 23.8 Å². The van der Waals surface area contributed by atoms with Crippen LogP contribution in [0.15, 0.2) is 40.8 Å². The van der Waals surface area contributed by atoms with E-state index in [1.165, 1.54) is 11.1 Å². The summed E-state index contributed by atoms with van der Waals surface area (Å²) >= 11 is 5.40. The minimum absolute atomic E-state index is 0.386. The van der Waals surface area contributed by atoms with Crippen molar-refractivity contribution in [2.24, 2.45) is 0 Å². The third-order valence-corrected chi connectivity index (χ3v) is 5.59. The maximum absolute atomic E-state index is 5.73. The van der Waals surface area contributed by atoms with Crippen LogP contribution in [0.5, 0.6) is 17.2 Å². The maximum Gasteiger partial charge on any atom is 0.288 e. The zero-order valence-electron chi connectivity index (χ0n) is 17.4. The lowest BCUT2D eigenvalue weighted by atomic mass is 9.99. The first-order valence-electron chi connectivity index (χ1n) is 9.75. The van der Waals surface area contributed by atoms with Gasteiger partial charge in [0.2, 0.25) is 5.89 Å². The number of rotatable bonds is 7. The smallest absolute Gasteiger partial charge is 0.288 e. The van der Waals surface area contributed by atoms with Gasteiger partial charge in [-0.3, -0.25) is 4.90 Å². The van der Waals surface area contributed by atoms with E-state index >= 15 is 0 Å². The van der Waals surface area contributed by atoms with Crippen molar-refractivity contribution in [1.82, 2.24) is 14.7 Å². The molecule has 0 fully saturated rings. The first-order valence-corrected chi connectivity index (χ1v) is 10.2. The third-order valence-electron chi connectivity index (χ3n) is 5.29. The zero-order valence-corrected chi connectivity index (χ0v) is 18.2. The van der Waals surface area contributed by atoms with E-state index in [9.17, 15) is 0 Å². The van der Waals surface area contributed by atoms with E-state index in [0.717, 1.165) is 42.3 Å². The maximum atomic E-state index is 5.73. The minimum Gasteiger partial charge on any atom is -0.497 e. The van der Waals surface area contributed by atoms with Gasteiger partial charge in [0.1, 0.15) is 5.75 Å². The van der Waals surface area contributed by atoms with Crippen LogP contribution in [-0.4, -0.2) is 42.6 Å². The highest BCUT2D eigenvalue weighted by Crippen LogP contribution is 2.33. The van der Waals surface area contributed by atoms with E-state index < -0.39 is 0 Å². The Bertz CT molecular complexity index is 1070. The van der Waals surface area contributed by atoms with Gasteiger partial charge in [-0.05, 0) is 59.6 Å². The van der Waals surface area contributed by atoms with E-state index in [1.807, 2.05) is 24.3 Å². The molecule has 0 spiro atoms. The summed E-state index contributed by atoms with van der Waals surface area (Å²) in [6.45, 7) is 2.28. The number of ether oxygens (including phenoxy) is 3. The summed E-state index contributed by atoms with van der Waals surface area (Å²) in [5.41, 5.74) is 3.60. The van der Waals surface area contributed by atoms with Gasteiger partial charge < -0.3 is 18.6 Å². The fraction of sp³-hybridized carbons (Fsp3) is 0.364. The fourth-order valence-electron chi connectivity index (χ4n) is 3.68. The molecule has 0 amide bonds. The SMILES string of the molecule is COc1ccc(Cc2nn(CN3CCc4cc(OC)c(OC)cc4C3)c(=S)o2)cc1. The molecule has 0 aliphatic carbocycles. The van der Waals surface area contributed by atoms with Crippen molar-refractivity contribution in [2.45, 2.75) is 26.1 Å². The van der Waals surface area contributed by atoms with Gasteiger partial charge in [-0.25, -0.2) is 4.68 Å². The predicted octanol–water partition coefficient (Wildman–Crippen LogP) is 3.84. The van der Waals surface area contributed by atoms with Crippen molar-refractivity contribution >= 4 is 12.2 Å². The summed E-state index contributed by atoms with van der Waals surface area (Å²) in [7, 11) is 4.97. The number of hydrogen-bond acceptors (Lipinski definition) is 7. The number of fused-ring (bicyclic) bond motifs is 1. The Morgan fingerprint density at radius 1 is 1.00 bits per heavy atom. The molecule has 0 unspecified atom stereocenters. The third kappa shape index (κ3) is 4.34. The van der Waals surface area contributed by atoms with Crippen molar-refractivity contribution in [3.63, 3.8) is 0 Å². The van der Waals surface area contributed by atoms with Crippen molar-refractivity contribution in [3.05, 3.63) is 63.8 Å². The van der Waals surface area contributed by atoms with Crippen LogP contribution in [0.2, 0.25) is 0 Å². The molecule has 158 valence electrons. The molecule has 1 aliphatic heterocycles. The van der Waals surface area contributed by atoms with Crippen LogP contribution in [-0.2, 0) is 26.1 Å². The Balaban J connectivity index is 1.45. The van der Waals surface area contributed by atoms with Gasteiger partial charge >= 0.3 is 0 Å². The molecule has 2 aromatic carbocycles. The van der Waals surface area contributed by atoms with Crippen LogP contribution in [0.3, 0.4) is 0 Å². The van der Waals surface area contributed by atoms with E-state index in [2.05, 4.69) is 22.1 Å². The molecule has 0 N–H and O–H groups in total. The minimum atomic E-state index is 0.386. The van der Waals surface area contributed by atoms with Gasteiger partial charge in [0.05, 0.1) is 34.4 Å². The largest absolute Gasteiger partial charge is 0.497 e.